The topological polar surface area (TPSA) is 78.7 Å². The zero-order chi connectivity index (χ0) is 23.1. The molecule has 0 amide bonds. The van der Waals surface area contributed by atoms with E-state index < -0.39 is 0 Å². The summed E-state index contributed by atoms with van der Waals surface area (Å²) in [5.41, 5.74) is 3.28. The Morgan fingerprint density at radius 1 is 1.00 bits per heavy atom. The van der Waals surface area contributed by atoms with E-state index in [9.17, 15) is 9.59 Å². The Morgan fingerprint density at radius 2 is 1.73 bits per heavy atom. The predicted molar refractivity (Wildman–Crippen MR) is 127 cm³/mol. The molecule has 9 nitrogen and oxygen atoms in total. The van der Waals surface area contributed by atoms with Crippen LogP contribution in [0.25, 0.3) is 16.9 Å². The van der Waals surface area contributed by atoms with Crippen molar-refractivity contribution in [1.29, 1.82) is 0 Å². The zero-order valence-corrected chi connectivity index (χ0v) is 19.5. The van der Waals surface area contributed by atoms with Crippen molar-refractivity contribution in [2.45, 2.75) is 33.4 Å². The Morgan fingerprint density at radius 3 is 2.45 bits per heavy atom. The molecule has 1 saturated heterocycles. The lowest BCUT2D eigenvalue weighted by Gasteiger charge is -2.26. The molecule has 4 heterocycles. The molecule has 5 rings (SSSR count). The molecule has 174 valence electrons. The summed E-state index contributed by atoms with van der Waals surface area (Å²) in [6.07, 6.45) is 2.92. The fourth-order valence-electron chi connectivity index (χ4n) is 4.62. The second kappa shape index (κ2) is 8.64. The number of fused-ring (bicyclic) bond motifs is 3. The number of hydrogen-bond acceptors (Lipinski definition) is 5. The number of aromatic nitrogens is 5. The third-order valence-corrected chi connectivity index (χ3v) is 6.56. The third-order valence-electron chi connectivity index (χ3n) is 6.56. The van der Waals surface area contributed by atoms with Gasteiger partial charge in [-0.05, 0) is 25.8 Å². The van der Waals surface area contributed by atoms with E-state index in [0.29, 0.717) is 16.9 Å². The number of rotatable bonds is 6. The molecule has 0 bridgehead atoms. The quantitative estimate of drug-likeness (QED) is 0.445. The van der Waals surface area contributed by atoms with Crippen molar-refractivity contribution in [3.8, 4) is 0 Å². The van der Waals surface area contributed by atoms with Crippen molar-refractivity contribution in [1.82, 2.24) is 28.0 Å². The summed E-state index contributed by atoms with van der Waals surface area (Å²) in [4.78, 5) is 33.6. The minimum Gasteiger partial charge on any atom is -0.379 e. The van der Waals surface area contributed by atoms with Gasteiger partial charge in [-0.25, -0.2) is 4.79 Å². The summed E-state index contributed by atoms with van der Waals surface area (Å²) in [5, 5.41) is 0. The van der Waals surface area contributed by atoms with E-state index in [1.54, 1.807) is 7.05 Å². The molecule has 0 radical (unpaired) electrons. The lowest BCUT2D eigenvalue weighted by molar-refractivity contribution is 0.0369. The average molecular weight is 451 g/mol. The highest BCUT2D eigenvalue weighted by Gasteiger charge is 2.20. The number of hydrogen-bond donors (Lipinski definition) is 0. The van der Waals surface area contributed by atoms with Gasteiger partial charge in [-0.3, -0.25) is 23.2 Å². The first-order valence-corrected chi connectivity index (χ1v) is 11.5. The van der Waals surface area contributed by atoms with Gasteiger partial charge in [0.2, 0.25) is 5.78 Å². The second-order valence-corrected chi connectivity index (χ2v) is 8.90. The number of nitrogens with zero attached hydrogens (tertiary/aromatic N) is 6. The van der Waals surface area contributed by atoms with Crippen molar-refractivity contribution in [2.75, 3.05) is 32.8 Å². The first-order chi connectivity index (χ1) is 15.9. The fourth-order valence-corrected chi connectivity index (χ4v) is 4.62. The monoisotopic (exact) mass is 450 g/mol. The van der Waals surface area contributed by atoms with E-state index in [2.05, 4.69) is 9.47 Å². The highest BCUT2D eigenvalue weighted by Crippen LogP contribution is 2.17. The van der Waals surface area contributed by atoms with Gasteiger partial charge < -0.3 is 9.30 Å². The zero-order valence-electron chi connectivity index (χ0n) is 19.5. The van der Waals surface area contributed by atoms with Gasteiger partial charge in [0, 0.05) is 45.1 Å². The van der Waals surface area contributed by atoms with Crippen LogP contribution in [0.3, 0.4) is 0 Å². The molecular formula is C24H30N6O3. The van der Waals surface area contributed by atoms with Gasteiger partial charge in [0.15, 0.2) is 11.2 Å². The second-order valence-electron chi connectivity index (χ2n) is 8.90. The molecule has 1 fully saturated rings. The largest absolute Gasteiger partial charge is 0.379 e. The van der Waals surface area contributed by atoms with E-state index >= 15 is 0 Å². The Kier molecular flexibility index (Phi) is 5.67. The molecule has 3 aromatic heterocycles. The number of ether oxygens (including phenoxy) is 1. The van der Waals surface area contributed by atoms with Crippen molar-refractivity contribution in [2.24, 2.45) is 7.05 Å². The van der Waals surface area contributed by atoms with Gasteiger partial charge in [0.1, 0.15) is 0 Å². The maximum absolute atomic E-state index is 13.5. The summed E-state index contributed by atoms with van der Waals surface area (Å²) in [7, 11) is 1.68. The maximum Gasteiger partial charge on any atom is 0.332 e. The molecule has 9 heteroatoms. The van der Waals surface area contributed by atoms with Crippen molar-refractivity contribution in [3.05, 3.63) is 68.1 Å². The van der Waals surface area contributed by atoms with Crippen LogP contribution in [0.5, 0.6) is 0 Å². The van der Waals surface area contributed by atoms with Gasteiger partial charge in [-0.15, -0.1) is 0 Å². The Balaban J connectivity index is 1.52. The van der Waals surface area contributed by atoms with E-state index in [0.717, 1.165) is 62.6 Å². The SMILES string of the molecule is Cc1ccc(Cn2c(=O)c3c(nc4n(CCCN5CCOCC5)c(C)cn34)n(C)c2=O)cc1. The van der Waals surface area contributed by atoms with Crippen LogP contribution in [-0.4, -0.2) is 60.8 Å². The molecule has 33 heavy (non-hydrogen) atoms. The Hall–Kier alpha value is -3.17. The van der Waals surface area contributed by atoms with E-state index in [4.69, 9.17) is 9.72 Å². The summed E-state index contributed by atoms with van der Waals surface area (Å²) in [6, 6.07) is 7.88. The lowest BCUT2D eigenvalue weighted by atomic mass is 10.1. The molecule has 1 aliphatic rings. The van der Waals surface area contributed by atoms with Crippen LogP contribution < -0.4 is 11.2 Å². The van der Waals surface area contributed by atoms with E-state index in [1.165, 1.54) is 9.13 Å². The van der Waals surface area contributed by atoms with E-state index in [1.807, 2.05) is 48.7 Å². The van der Waals surface area contributed by atoms with Gasteiger partial charge >= 0.3 is 5.69 Å². The Bertz CT molecular complexity index is 1420. The summed E-state index contributed by atoms with van der Waals surface area (Å²) in [5.74, 6) is 0.699. The molecule has 0 unspecified atom stereocenters. The predicted octanol–water partition coefficient (Wildman–Crippen LogP) is 1.54. The lowest BCUT2D eigenvalue weighted by Crippen LogP contribution is -2.39. The number of morpholine rings is 1. The maximum atomic E-state index is 13.5. The van der Waals surface area contributed by atoms with Crippen LogP contribution in [-0.2, 0) is 24.9 Å². The Labute approximate surface area is 191 Å². The first kappa shape index (κ1) is 21.7. The molecule has 0 atom stereocenters. The van der Waals surface area contributed by atoms with Crippen molar-refractivity contribution < 1.29 is 4.74 Å². The fraction of sp³-hybridized carbons (Fsp3) is 0.458. The van der Waals surface area contributed by atoms with Crippen LogP contribution >= 0.6 is 0 Å². The summed E-state index contributed by atoms with van der Waals surface area (Å²) < 4.78 is 12.2. The molecule has 0 aliphatic carbocycles. The van der Waals surface area contributed by atoms with Crippen LogP contribution in [0.1, 0.15) is 23.2 Å². The normalized spacial score (nSPS) is 15.1. The van der Waals surface area contributed by atoms with Gasteiger partial charge in [-0.2, -0.15) is 4.98 Å². The van der Waals surface area contributed by atoms with Crippen molar-refractivity contribution in [3.63, 3.8) is 0 Å². The van der Waals surface area contributed by atoms with Crippen molar-refractivity contribution >= 4 is 16.9 Å². The van der Waals surface area contributed by atoms with Gasteiger partial charge in [0.25, 0.3) is 5.56 Å². The number of imidazole rings is 2. The van der Waals surface area contributed by atoms with Crippen LogP contribution in [0, 0.1) is 13.8 Å². The molecule has 0 spiro atoms. The molecular weight excluding hydrogens is 420 g/mol. The minimum absolute atomic E-state index is 0.230. The highest BCUT2D eigenvalue weighted by atomic mass is 16.5. The summed E-state index contributed by atoms with van der Waals surface area (Å²) >= 11 is 0. The molecule has 0 saturated carbocycles. The van der Waals surface area contributed by atoms with E-state index in [-0.39, 0.29) is 17.8 Å². The third kappa shape index (κ3) is 3.91. The highest BCUT2D eigenvalue weighted by molar-refractivity contribution is 5.75. The number of aryl methyl sites for hydroxylation is 4. The smallest absolute Gasteiger partial charge is 0.332 e. The molecule has 4 aromatic rings. The van der Waals surface area contributed by atoms with Crippen LogP contribution in [0.4, 0.5) is 0 Å². The molecule has 0 N–H and O–H groups in total. The summed E-state index contributed by atoms with van der Waals surface area (Å²) in [6.45, 7) is 9.59. The number of benzene rings is 1. The van der Waals surface area contributed by atoms with Gasteiger partial charge in [0.05, 0.1) is 19.8 Å². The molecule has 1 aromatic carbocycles. The van der Waals surface area contributed by atoms with Gasteiger partial charge in [-0.1, -0.05) is 29.8 Å². The standard InChI is InChI=1S/C24H30N6O3/c1-17-5-7-19(8-6-17)16-30-22(31)20-21(26(3)24(30)32)25-23-28(18(2)15-29(20)23)10-4-9-27-11-13-33-14-12-27/h5-8,15H,4,9-14,16H2,1-3H3. The van der Waals surface area contributed by atoms with Crippen LogP contribution in [0.2, 0.25) is 0 Å². The van der Waals surface area contributed by atoms with Crippen LogP contribution in [0.15, 0.2) is 40.1 Å². The first-order valence-electron chi connectivity index (χ1n) is 11.5. The average Bonchev–Trinajstić information content (AvgIpc) is 3.33. The molecule has 1 aliphatic heterocycles. The minimum atomic E-state index is -0.357.